The number of rotatable bonds is 10. The van der Waals surface area contributed by atoms with Crippen molar-refractivity contribution < 1.29 is 31.9 Å². The maximum atomic E-state index is 13.8. The second-order valence-corrected chi connectivity index (χ2v) is 12.9. The lowest BCUT2D eigenvalue weighted by molar-refractivity contribution is -0.151. The number of sulfonamides is 1. The van der Waals surface area contributed by atoms with Crippen LogP contribution in [-0.4, -0.2) is 50.2 Å². The van der Waals surface area contributed by atoms with Crippen LogP contribution in [0.5, 0.6) is 5.75 Å². The summed E-state index contributed by atoms with van der Waals surface area (Å²) in [7, 11) is -3.92. The minimum atomic E-state index is -3.92. The van der Waals surface area contributed by atoms with E-state index in [-0.39, 0.29) is 49.2 Å². The summed E-state index contributed by atoms with van der Waals surface area (Å²) < 4.78 is 53.4. The molecule has 0 unspecified atom stereocenters. The Balaban J connectivity index is 0.00000462. The number of halogens is 2. The van der Waals surface area contributed by atoms with Gasteiger partial charge in [0, 0.05) is 11.5 Å². The van der Waals surface area contributed by atoms with Crippen molar-refractivity contribution in [2.24, 2.45) is 11.1 Å². The third kappa shape index (κ3) is 7.51. The summed E-state index contributed by atoms with van der Waals surface area (Å²) in [5, 5.41) is 0. The van der Waals surface area contributed by atoms with Gasteiger partial charge in [0.1, 0.15) is 17.6 Å². The number of benzene rings is 3. The van der Waals surface area contributed by atoms with Gasteiger partial charge < -0.3 is 15.2 Å². The van der Waals surface area contributed by atoms with E-state index in [1.54, 1.807) is 39.0 Å². The van der Waals surface area contributed by atoms with Gasteiger partial charge in [-0.05, 0) is 41.8 Å². The number of Topliss-reactive ketones (excluding diaryl/α,β-unsaturated/α-hetero) is 1. The normalized spacial score (nSPS) is 15.6. The largest absolute Gasteiger partial charge is 0.480 e. The lowest BCUT2D eigenvalue weighted by Gasteiger charge is -2.48. The van der Waals surface area contributed by atoms with Gasteiger partial charge in [0.05, 0.1) is 18.0 Å². The molecule has 1 fully saturated rings. The van der Waals surface area contributed by atoms with E-state index in [0.717, 1.165) is 5.56 Å². The van der Waals surface area contributed by atoms with Gasteiger partial charge in [-0.25, -0.2) is 12.8 Å². The first kappa shape index (κ1) is 32.2. The predicted molar refractivity (Wildman–Crippen MR) is 155 cm³/mol. The fraction of sp³-hybridized carbons (Fsp3) is 0.333. The number of carbonyl (C=O) groups excluding carboxylic acids is 2. The maximum Gasteiger partial charge on any atom is 0.323 e. The molecule has 0 saturated carbocycles. The Kier molecular flexibility index (Phi) is 9.97. The zero-order valence-corrected chi connectivity index (χ0v) is 24.7. The highest BCUT2D eigenvalue weighted by atomic mass is 35.5. The Morgan fingerprint density at radius 3 is 2.29 bits per heavy atom. The molecule has 1 heterocycles. The molecule has 0 aromatic heterocycles. The van der Waals surface area contributed by atoms with Crippen LogP contribution in [0.15, 0.2) is 83.8 Å². The Hall–Kier alpha value is -3.31. The van der Waals surface area contributed by atoms with Gasteiger partial charge in [0.2, 0.25) is 10.0 Å². The van der Waals surface area contributed by atoms with Crippen molar-refractivity contribution in [3.63, 3.8) is 0 Å². The summed E-state index contributed by atoms with van der Waals surface area (Å²) in [6.07, 6.45) is 0.0303. The van der Waals surface area contributed by atoms with Crippen LogP contribution < -0.4 is 10.5 Å². The van der Waals surface area contributed by atoms with Gasteiger partial charge in [-0.2, -0.15) is 4.31 Å². The Morgan fingerprint density at radius 2 is 1.66 bits per heavy atom. The molecule has 11 heteroatoms. The molecule has 0 spiro atoms. The first-order chi connectivity index (χ1) is 18.8. The monoisotopic (exact) mass is 604 g/mol. The van der Waals surface area contributed by atoms with Crippen LogP contribution in [0.4, 0.5) is 4.39 Å². The zero-order valence-electron chi connectivity index (χ0n) is 23.1. The van der Waals surface area contributed by atoms with Crippen LogP contribution in [0.2, 0.25) is 0 Å². The summed E-state index contributed by atoms with van der Waals surface area (Å²) in [5.41, 5.74) is 5.66. The molecule has 4 rings (SSSR count). The standard InChI is InChI=1S/C30H33FN2O6S.ClH/c1-29(2,3)27(34)18-38-28(35)26(32)16-21-9-7-14-25(15-21)40(36,37)33-19-30(20-33,22-10-5-4-6-11-22)39-24-13-8-12-23(31)17-24;/h4-15,17,26H,16,18-20,32H2,1-3H3;1H/t26-;/m0./s1. The number of ketones is 1. The highest BCUT2D eigenvalue weighted by Gasteiger charge is 2.52. The number of ether oxygens (including phenoxy) is 2. The van der Waals surface area contributed by atoms with Gasteiger partial charge >= 0.3 is 5.97 Å². The lowest BCUT2D eigenvalue weighted by Crippen LogP contribution is -2.64. The van der Waals surface area contributed by atoms with E-state index < -0.39 is 38.9 Å². The van der Waals surface area contributed by atoms with Crippen LogP contribution in [0.3, 0.4) is 0 Å². The molecule has 8 nitrogen and oxygen atoms in total. The van der Waals surface area contributed by atoms with Crippen LogP contribution in [-0.2, 0) is 36.4 Å². The summed E-state index contributed by atoms with van der Waals surface area (Å²) in [6, 6.07) is 20.1. The third-order valence-corrected chi connectivity index (χ3v) is 8.54. The van der Waals surface area contributed by atoms with Crippen molar-refractivity contribution in [1.29, 1.82) is 0 Å². The lowest BCUT2D eigenvalue weighted by atomic mass is 9.87. The molecule has 2 N–H and O–H groups in total. The van der Waals surface area contributed by atoms with Crippen LogP contribution in [0, 0.1) is 11.2 Å². The average Bonchev–Trinajstić information content (AvgIpc) is 2.89. The molecule has 0 radical (unpaired) electrons. The molecule has 1 atom stereocenters. The first-order valence-corrected chi connectivity index (χ1v) is 14.3. The van der Waals surface area contributed by atoms with E-state index in [0.29, 0.717) is 11.3 Å². The highest BCUT2D eigenvalue weighted by Crippen LogP contribution is 2.40. The molecule has 220 valence electrons. The maximum absolute atomic E-state index is 13.8. The molecule has 3 aromatic rings. The number of nitrogens with zero attached hydrogens (tertiary/aromatic N) is 1. The average molecular weight is 605 g/mol. The molecule has 1 aliphatic rings. The van der Waals surface area contributed by atoms with Crippen molar-refractivity contribution in [2.75, 3.05) is 19.7 Å². The summed E-state index contributed by atoms with van der Waals surface area (Å²) in [4.78, 5) is 24.4. The molecule has 1 aliphatic heterocycles. The van der Waals surface area contributed by atoms with Crippen molar-refractivity contribution in [3.8, 4) is 5.75 Å². The van der Waals surface area contributed by atoms with Crippen molar-refractivity contribution >= 4 is 34.2 Å². The van der Waals surface area contributed by atoms with Gasteiger partial charge in [0.25, 0.3) is 0 Å². The summed E-state index contributed by atoms with van der Waals surface area (Å²) in [6.45, 7) is 4.85. The number of carbonyl (C=O) groups is 2. The Morgan fingerprint density at radius 1 is 1.00 bits per heavy atom. The topological polar surface area (TPSA) is 116 Å². The summed E-state index contributed by atoms with van der Waals surface area (Å²) >= 11 is 0. The van der Waals surface area contributed by atoms with E-state index in [2.05, 4.69) is 0 Å². The first-order valence-electron chi connectivity index (χ1n) is 12.8. The zero-order chi connectivity index (χ0) is 29.1. The van der Waals surface area contributed by atoms with Crippen LogP contribution >= 0.6 is 12.4 Å². The van der Waals surface area contributed by atoms with Gasteiger partial charge in [-0.3, -0.25) is 9.59 Å². The molecule has 1 saturated heterocycles. The molecule has 0 aliphatic carbocycles. The molecule has 41 heavy (non-hydrogen) atoms. The van der Waals surface area contributed by atoms with Crippen molar-refractivity contribution in [2.45, 2.75) is 43.7 Å². The Bertz CT molecular complexity index is 1490. The number of nitrogens with two attached hydrogens (primary N) is 1. The van der Waals surface area contributed by atoms with Crippen LogP contribution in [0.25, 0.3) is 0 Å². The summed E-state index contributed by atoms with van der Waals surface area (Å²) in [5.74, 6) is -1.13. The highest BCUT2D eigenvalue weighted by molar-refractivity contribution is 7.89. The molecular weight excluding hydrogens is 571 g/mol. The van der Waals surface area contributed by atoms with Gasteiger partial charge in [-0.1, -0.05) is 69.3 Å². The smallest absolute Gasteiger partial charge is 0.323 e. The van der Waals surface area contributed by atoms with Crippen molar-refractivity contribution in [1.82, 2.24) is 4.31 Å². The number of hydrogen-bond donors (Lipinski definition) is 1. The number of esters is 1. The van der Waals surface area contributed by atoms with Gasteiger partial charge in [-0.15, -0.1) is 12.4 Å². The molecular formula is C30H34ClFN2O6S. The SMILES string of the molecule is CC(C)(C)C(=O)COC(=O)[C@@H](N)Cc1cccc(S(=O)(=O)N2CC(Oc3cccc(F)c3)(c3ccccc3)C2)c1.Cl. The quantitative estimate of drug-likeness (QED) is 0.344. The fourth-order valence-electron chi connectivity index (χ4n) is 4.28. The third-order valence-electron chi connectivity index (χ3n) is 6.75. The predicted octanol–water partition coefficient (Wildman–Crippen LogP) is 4.25. The van der Waals surface area contributed by atoms with Crippen molar-refractivity contribution in [3.05, 3.63) is 95.8 Å². The molecule has 0 bridgehead atoms. The van der Waals surface area contributed by atoms with Crippen LogP contribution in [0.1, 0.15) is 31.9 Å². The number of hydrogen-bond acceptors (Lipinski definition) is 7. The van der Waals surface area contributed by atoms with Gasteiger partial charge in [0.15, 0.2) is 18.0 Å². The minimum Gasteiger partial charge on any atom is -0.480 e. The second kappa shape index (κ2) is 12.7. The van der Waals surface area contributed by atoms with E-state index in [4.69, 9.17) is 15.2 Å². The Labute approximate surface area is 246 Å². The van der Waals surface area contributed by atoms with E-state index in [1.807, 2.05) is 30.3 Å². The van der Waals surface area contributed by atoms with E-state index in [1.165, 1.54) is 34.6 Å². The van der Waals surface area contributed by atoms with E-state index in [9.17, 15) is 22.4 Å². The van der Waals surface area contributed by atoms with E-state index >= 15 is 0 Å². The fourth-order valence-corrected chi connectivity index (χ4v) is 5.88. The molecule has 0 amide bonds. The second-order valence-electron chi connectivity index (χ2n) is 10.9. The molecule has 3 aromatic carbocycles. The minimum absolute atomic E-state index is 0.